The molecule has 2 atom stereocenters. The van der Waals surface area contributed by atoms with Gasteiger partial charge in [-0.15, -0.1) is 0 Å². The number of nitrogens with zero attached hydrogens (tertiary/aromatic N) is 3. The van der Waals surface area contributed by atoms with Crippen molar-refractivity contribution >= 4 is 5.91 Å². The topological polar surface area (TPSA) is 58.4 Å². The lowest BCUT2D eigenvalue weighted by atomic mass is 9.99. The Bertz CT molecular complexity index is 811. The maximum absolute atomic E-state index is 13.2. The van der Waals surface area contributed by atoms with E-state index in [9.17, 15) is 9.90 Å². The van der Waals surface area contributed by atoms with Crippen molar-refractivity contribution in [3.8, 4) is 5.69 Å². The second kappa shape index (κ2) is 6.30. The van der Waals surface area contributed by atoms with Gasteiger partial charge in [-0.05, 0) is 57.6 Å². The average Bonchev–Trinajstić information content (AvgIpc) is 3.20. The molecule has 1 saturated heterocycles. The Kier molecular flexibility index (Phi) is 4.12. The molecule has 1 amide bonds. The van der Waals surface area contributed by atoms with Gasteiger partial charge in [-0.1, -0.05) is 18.2 Å². The summed E-state index contributed by atoms with van der Waals surface area (Å²) in [6.07, 6.45) is 4.11. The van der Waals surface area contributed by atoms with Gasteiger partial charge in [-0.2, -0.15) is 5.10 Å². The van der Waals surface area contributed by atoms with Crippen molar-refractivity contribution in [1.82, 2.24) is 14.7 Å². The van der Waals surface area contributed by atoms with Gasteiger partial charge in [0.2, 0.25) is 0 Å². The fraction of sp³-hybridized carbons (Fsp3) is 0.500. The molecule has 2 heterocycles. The number of rotatable bonds is 2. The van der Waals surface area contributed by atoms with Gasteiger partial charge in [-0.3, -0.25) is 4.79 Å². The molecule has 1 aliphatic heterocycles. The Balaban J connectivity index is 1.75. The summed E-state index contributed by atoms with van der Waals surface area (Å²) in [5.74, 6) is -0.0308. The van der Waals surface area contributed by atoms with Crippen LogP contribution in [0.4, 0.5) is 0 Å². The fourth-order valence-corrected chi connectivity index (χ4v) is 4.16. The fourth-order valence-electron chi connectivity index (χ4n) is 4.16. The number of hydrogen-bond acceptors (Lipinski definition) is 3. The van der Waals surface area contributed by atoms with E-state index < -0.39 is 6.10 Å². The minimum atomic E-state index is -0.441. The lowest BCUT2D eigenvalue weighted by molar-refractivity contribution is 0.0176. The third-order valence-electron chi connectivity index (χ3n) is 5.68. The van der Waals surface area contributed by atoms with E-state index in [1.54, 1.807) is 4.90 Å². The van der Waals surface area contributed by atoms with E-state index >= 15 is 0 Å². The Labute approximate surface area is 148 Å². The summed E-state index contributed by atoms with van der Waals surface area (Å²) in [6, 6.07) is 8.01. The van der Waals surface area contributed by atoms with Crippen molar-refractivity contribution in [2.24, 2.45) is 0 Å². The number of hydrogen-bond donors (Lipinski definition) is 1. The number of aromatic nitrogens is 2. The van der Waals surface area contributed by atoms with Crippen molar-refractivity contribution in [2.75, 3.05) is 6.54 Å². The summed E-state index contributed by atoms with van der Waals surface area (Å²) in [5.41, 5.74) is 5.05. The molecule has 1 N–H and O–H groups in total. The number of amides is 1. The zero-order chi connectivity index (χ0) is 17.6. The maximum Gasteiger partial charge on any atom is 0.274 e. The molecule has 1 aromatic heterocycles. The van der Waals surface area contributed by atoms with Crippen LogP contribution in [0.15, 0.2) is 24.3 Å². The molecule has 0 saturated carbocycles. The highest BCUT2D eigenvalue weighted by Gasteiger charge is 2.35. The first-order chi connectivity index (χ1) is 12.1. The smallest absolute Gasteiger partial charge is 0.274 e. The molecule has 5 nitrogen and oxygen atoms in total. The number of benzene rings is 1. The van der Waals surface area contributed by atoms with Gasteiger partial charge in [0.05, 0.1) is 17.8 Å². The van der Waals surface area contributed by atoms with Crippen molar-refractivity contribution in [3.63, 3.8) is 0 Å². The standard InChI is InChI=1S/C20H25N3O2/c1-13-7-3-4-9-16(13)23-17-10-5-8-15(17)19(21-23)20(25)22-12-6-11-18(24)14(22)2/h3-4,7,9,14,18,24H,5-6,8,10-12H2,1-2H3. The van der Waals surface area contributed by atoms with Crippen molar-refractivity contribution in [1.29, 1.82) is 0 Å². The van der Waals surface area contributed by atoms with E-state index in [4.69, 9.17) is 5.10 Å². The van der Waals surface area contributed by atoms with Crippen molar-refractivity contribution < 1.29 is 9.90 Å². The maximum atomic E-state index is 13.2. The second-order valence-electron chi connectivity index (χ2n) is 7.27. The number of aliphatic hydroxyl groups is 1. The highest BCUT2D eigenvalue weighted by molar-refractivity contribution is 5.94. The number of aliphatic hydroxyl groups excluding tert-OH is 1. The molecule has 0 bridgehead atoms. The SMILES string of the molecule is Cc1ccccc1-n1nc(C(=O)N2CCCC(O)C2C)c2c1CCC2. The predicted molar refractivity (Wildman–Crippen MR) is 96.1 cm³/mol. The van der Waals surface area contributed by atoms with E-state index in [0.717, 1.165) is 48.9 Å². The number of aryl methyl sites for hydroxylation is 1. The van der Waals surface area contributed by atoms with Gasteiger partial charge < -0.3 is 10.0 Å². The van der Waals surface area contributed by atoms with Crippen LogP contribution < -0.4 is 0 Å². The molecular weight excluding hydrogens is 314 g/mol. The molecule has 0 spiro atoms. The molecule has 5 heteroatoms. The van der Waals surface area contributed by atoms with Crippen LogP contribution in [-0.2, 0) is 12.8 Å². The van der Waals surface area contributed by atoms with E-state index in [1.807, 2.05) is 23.7 Å². The number of para-hydroxylation sites is 1. The summed E-state index contributed by atoms with van der Waals surface area (Å²) in [4.78, 5) is 15.0. The van der Waals surface area contributed by atoms with Crippen LogP contribution in [-0.4, -0.2) is 44.4 Å². The Morgan fingerprint density at radius 1 is 1.24 bits per heavy atom. The molecule has 2 aromatic rings. The highest BCUT2D eigenvalue weighted by Crippen LogP contribution is 2.30. The molecule has 1 aliphatic carbocycles. The number of carbonyl (C=O) groups is 1. The quantitative estimate of drug-likeness (QED) is 0.915. The van der Waals surface area contributed by atoms with Gasteiger partial charge in [-0.25, -0.2) is 4.68 Å². The highest BCUT2D eigenvalue weighted by atomic mass is 16.3. The van der Waals surface area contributed by atoms with Crippen molar-refractivity contribution in [2.45, 2.75) is 58.1 Å². The molecule has 1 fully saturated rings. The lowest BCUT2D eigenvalue weighted by Gasteiger charge is -2.36. The number of carbonyl (C=O) groups excluding carboxylic acids is 1. The van der Waals surface area contributed by atoms with Crippen LogP contribution in [0, 0.1) is 6.92 Å². The first-order valence-electron chi connectivity index (χ1n) is 9.23. The molecule has 0 radical (unpaired) electrons. The molecule has 132 valence electrons. The van der Waals surface area contributed by atoms with Crippen LogP contribution >= 0.6 is 0 Å². The van der Waals surface area contributed by atoms with Gasteiger partial charge in [0.1, 0.15) is 0 Å². The molecule has 25 heavy (non-hydrogen) atoms. The first-order valence-corrected chi connectivity index (χ1v) is 9.23. The van der Waals surface area contributed by atoms with E-state index in [2.05, 4.69) is 19.1 Å². The van der Waals surface area contributed by atoms with E-state index in [-0.39, 0.29) is 11.9 Å². The monoisotopic (exact) mass is 339 g/mol. The summed E-state index contributed by atoms with van der Waals surface area (Å²) >= 11 is 0. The number of likely N-dealkylation sites (tertiary alicyclic amines) is 1. The van der Waals surface area contributed by atoms with Gasteiger partial charge in [0.15, 0.2) is 5.69 Å². The number of fused-ring (bicyclic) bond motifs is 1. The van der Waals surface area contributed by atoms with Crippen LogP contribution in [0.1, 0.15) is 53.5 Å². The van der Waals surface area contributed by atoms with Crippen LogP contribution in [0.3, 0.4) is 0 Å². The third kappa shape index (κ3) is 2.67. The third-order valence-corrected chi connectivity index (χ3v) is 5.68. The average molecular weight is 339 g/mol. The van der Waals surface area contributed by atoms with Crippen LogP contribution in [0.5, 0.6) is 0 Å². The normalized spacial score (nSPS) is 22.9. The Morgan fingerprint density at radius 3 is 2.84 bits per heavy atom. The van der Waals surface area contributed by atoms with Crippen LogP contribution in [0.2, 0.25) is 0 Å². The summed E-state index contributed by atoms with van der Waals surface area (Å²) in [7, 11) is 0. The molecular formula is C20H25N3O2. The van der Waals surface area contributed by atoms with Crippen molar-refractivity contribution in [3.05, 3.63) is 46.8 Å². The van der Waals surface area contributed by atoms with Gasteiger partial charge >= 0.3 is 0 Å². The minimum absolute atomic E-state index is 0.0308. The first kappa shape index (κ1) is 16.3. The Morgan fingerprint density at radius 2 is 2.04 bits per heavy atom. The van der Waals surface area contributed by atoms with Gasteiger partial charge in [0, 0.05) is 17.8 Å². The summed E-state index contributed by atoms with van der Waals surface area (Å²) < 4.78 is 1.97. The predicted octanol–water partition coefficient (Wildman–Crippen LogP) is 2.65. The van der Waals surface area contributed by atoms with E-state index in [0.29, 0.717) is 12.2 Å². The number of piperidine rings is 1. The van der Waals surface area contributed by atoms with Crippen LogP contribution in [0.25, 0.3) is 5.69 Å². The minimum Gasteiger partial charge on any atom is -0.391 e. The van der Waals surface area contributed by atoms with E-state index in [1.165, 1.54) is 5.69 Å². The molecule has 2 unspecified atom stereocenters. The largest absolute Gasteiger partial charge is 0.391 e. The zero-order valence-corrected chi connectivity index (χ0v) is 14.9. The zero-order valence-electron chi connectivity index (χ0n) is 14.9. The molecule has 4 rings (SSSR count). The molecule has 2 aliphatic rings. The summed E-state index contributed by atoms with van der Waals surface area (Å²) in [5, 5.41) is 14.9. The second-order valence-corrected chi connectivity index (χ2v) is 7.27. The van der Waals surface area contributed by atoms with Gasteiger partial charge in [0.25, 0.3) is 5.91 Å². The molecule has 1 aromatic carbocycles. The summed E-state index contributed by atoms with van der Waals surface area (Å²) in [6.45, 7) is 4.70. The Hall–Kier alpha value is -2.14. The lowest BCUT2D eigenvalue weighted by Crippen LogP contribution is -2.49.